The lowest BCUT2D eigenvalue weighted by Gasteiger charge is -2.47. The van der Waals surface area contributed by atoms with Gasteiger partial charge in [0.2, 0.25) is 11.8 Å². The molecule has 2 aromatic heterocycles. The van der Waals surface area contributed by atoms with Crippen LogP contribution in [0.3, 0.4) is 0 Å². The molecule has 0 spiro atoms. The number of nitrogens with one attached hydrogen (secondary N) is 2. The van der Waals surface area contributed by atoms with Gasteiger partial charge in [-0.05, 0) is 96.2 Å². The first kappa shape index (κ1) is 44.4. The van der Waals surface area contributed by atoms with Crippen LogP contribution in [-0.2, 0) is 20.9 Å². The van der Waals surface area contributed by atoms with Crippen molar-refractivity contribution in [3.05, 3.63) is 59.7 Å². The van der Waals surface area contributed by atoms with E-state index in [9.17, 15) is 14.4 Å². The van der Waals surface area contributed by atoms with Crippen LogP contribution < -0.4 is 19.9 Å². The molecular weight excluding hydrogens is 804 g/mol. The standard InChI is InChI=1S/C26H36FN5O3.C19H21N5O2.C2H6/c1-26(2)16-30(13-12-29(26)3)14-17-8-10-31(11-9-17)20-5-4-18-19(23(20)27)15-32(25(18)35)21-6-7-22(33)28-24(21)34;1-19(4-5-19)26-13-2-3-15-14(10-13)18(23-22-15)16-11-17(21-12-20-16)24-6-8-25-9-7-24;1-2/h4-5,17,21H,6-16H2,1-3H3,(H,28,33,34);2-3,10-12H,4-9H2,1H3,(H,22,23);1-2H3. The first-order valence-corrected chi connectivity index (χ1v) is 22.8. The van der Waals surface area contributed by atoms with E-state index in [0.29, 0.717) is 22.7 Å². The zero-order valence-corrected chi connectivity index (χ0v) is 37.7. The summed E-state index contributed by atoms with van der Waals surface area (Å²) in [5.41, 5.74) is 4.01. The fourth-order valence-corrected chi connectivity index (χ4v) is 9.31. The van der Waals surface area contributed by atoms with E-state index in [1.54, 1.807) is 18.5 Å². The summed E-state index contributed by atoms with van der Waals surface area (Å²) >= 11 is 0. The van der Waals surface area contributed by atoms with Gasteiger partial charge in [-0.1, -0.05) is 13.8 Å². The van der Waals surface area contributed by atoms with Crippen molar-refractivity contribution < 1.29 is 28.2 Å². The molecule has 7 heterocycles. The number of H-pyrrole nitrogens is 1. The first-order valence-electron chi connectivity index (χ1n) is 22.8. The number of aromatic nitrogens is 4. The Bertz CT molecular complexity index is 2300. The number of piperidine rings is 2. The Morgan fingerprint density at radius 1 is 0.905 bits per heavy atom. The van der Waals surface area contributed by atoms with E-state index < -0.39 is 11.9 Å². The van der Waals surface area contributed by atoms with Gasteiger partial charge in [0.15, 0.2) is 5.82 Å². The molecule has 338 valence electrons. The van der Waals surface area contributed by atoms with Crippen molar-refractivity contribution in [2.24, 2.45) is 5.92 Å². The molecule has 15 nitrogen and oxygen atoms in total. The van der Waals surface area contributed by atoms with Gasteiger partial charge in [0, 0.05) is 86.9 Å². The maximum Gasteiger partial charge on any atom is 0.255 e. The van der Waals surface area contributed by atoms with Crippen LogP contribution in [0.15, 0.2) is 42.7 Å². The van der Waals surface area contributed by atoms with Gasteiger partial charge in [-0.3, -0.25) is 34.6 Å². The number of amides is 3. The van der Waals surface area contributed by atoms with Crippen molar-refractivity contribution in [2.75, 3.05) is 82.4 Å². The second kappa shape index (κ2) is 18.5. The Morgan fingerprint density at radius 2 is 1.67 bits per heavy atom. The molecule has 4 saturated heterocycles. The minimum atomic E-state index is -0.731. The summed E-state index contributed by atoms with van der Waals surface area (Å²) in [4.78, 5) is 56.3. The molecule has 2 N–H and O–H groups in total. The second-order valence-electron chi connectivity index (χ2n) is 18.4. The van der Waals surface area contributed by atoms with Gasteiger partial charge in [-0.25, -0.2) is 14.4 Å². The Morgan fingerprint density at radius 3 is 2.38 bits per heavy atom. The molecule has 1 atom stereocenters. The number of likely N-dealkylation sites (N-methyl/N-ethyl adjacent to an activating group) is 1. The maximum absolute atomic E-state index is 15.6. The van der Waals surface area contributed by atoms with Gasteiger partial charge in [-0.15, -0.1) is 0 Å². The number of ether oxygens (including phenoxy) is 2. The average molecular weight is 867 g/mol. The normalized spacial score (nSPS) is 22.5. The number of piperazine rings is 1. The monoisotopic (exact) mass is 866 g/mol. The molecule has 1 saturated carbocycles. The van der Waals surface area contributed by atoms with Gasteiger partial charge < -0.3 is 24.2 Å². The lowest BCUT2D eigenvalue weighted by molar-refractivity contribution is -0.136. The molecule has 6 aliphatic rings. The number of nitrogens with zero attached hydrogens (tertiary/aromatic N) is 8. The van der Waals surface area contributed by atoms with Crippen LogP contribution in [-0.4, -0.2) is 142 Å². The van der Waals surface area contributed by atoms with E-state index in [-0.39, 0.29) is 48.2 Å². The van der Waals surface area contributed by atoms with Crippen LogP contribution in [0.5, 0.6) is 5.75 Å². The minimum absolute atomic E-state index is 0.00397. The molecule has 4 aromatic rings. The molecule has 0 bridgehead atoms. The molecule has 2 aromatic carbocycles. The number of halogens is 1. The molecule has 63 heavy (non-hydrogen) atoms. The van der Waals surface area contributed by atoms with Gasteiger partial charge in [-0.2, -0.15) is 5.10 Å². The summed E-state index contributed by atoms with van der Waals surface area (Å²) in [6.45, 7) is 19.9. The summed E-state index contributed by atoms with van der Waals surface area (Å²) in [6.07, 6.45) is 6.32. The smallest absolute Gasteiger partial charge is 0.255 e. The number of carbonyl (C=O) groups is 3. The number of benzene rings is 2. The number of carbonyl (C=O) groups excluding carboxylic acids is 3. The molecule has 1 aliphatic carbocycles. The second-order valence-corrected chi connectivity index (χ2v) is 18.4. The molecule has 5 fully saturated rings. The van der Waals surface area contributed by atoms with E-state index in [1.807, 2.05) is 38.1 Å². The van der Waals surface area contributed by atoms with Gasteiger partial charge >= 0.3 is 0 Å². The number of aromatic amines is 1. The van der Waals surface area contributed by atoms with Crippen molar-refractivity contribution in [1.82, 2.24) is 40.2 Å². The quantitative estimate of drug-likeness (QED) is 0.211. The van der Waals surface area contributed by atoms with Gasteiger partial charge in [0.25, 0.3) is 5.91 Å². The van der Waals surface area contributed by atoms with E-state index in [0.717, 1.165) is 125 Å². The van der Waals surface area contributed by atoms with Gasteiger partial charge in [0.1, 0.15) is 35.2 Å². The highest BCUT2D eigenvalue weighted by Gasteiger charge is 2.42. The molecule has 3 amide bonds. The summed E-state index contributed by atoms with van der Waals surface area (Å²) in [5, 5.41) is 10.9. The van der Waals surface area contributed by atoms with Crippen molar-refractivity contribution in [1.29, 1.82) is 0 Å². The predicted molar refractivity (Wildman–Crippen MR) is 240 cm³/mol. The Labute approximate surface area is 369 Å². The fraction of sp³-hybridized carbons (Fsp3) is 0.574. The van der Waals surface area contributed by atoms with E-state index >= 15 is 4.39 Å². The highest BCUT2D eigenvalue weighted by molar-refractivity contribution is 6.05. The fourth-order valence-electron chi connectivity index (χ4n) is 9.31. The summed E-state index contributed by atoms with van der Waals surface area (Å²) in [5.74, 6) is 0.888. The molecular formula is C47H63FN10O5. The number of anilines is 2. The highest BCUT2D eigenvalue weighted by atomic mass is 19.1. The maximum atomic E-state index is 15.6. The Kier molecular flexibility index (Phi) is 13.0. The molecule has 1 unspecified atom stereocenters. The van der Waals surface area contributed by atoms with Crippen LogP contribution >= 0.6 is 0 Å². The lowest BCUT2D eigenvalue weighted by Crippen LogP contribution is -2.58. The molecule has 0 radical (unpaired) electrons. The Hall–Kier alpha value is -5.19. The van der Waals surface area contributed by atoms with Crippen LogP contribution in [0.25, 0.3) is 22.3 Å². The predicted octanol–water partition coefficient (Wildman–Crippen LogP) is 5.64. The largest absolute Gasteiger partial charge is 0.488 e. The van der Waals surface area contributed by atoms with Crippen molar-refractivity contribution in [3.63, 3.8) is 0 Å². The molecule has 16 heteroatoms. The number of hydrogen-bond acceptors (Lipinski definition) is 12. The lowest BCUT2D eigenvalue weighted by atomic mass is 9.93. The third kappa shape index (κ3) is 9.68. The van der Waals surface area contributed by atoms with Crippen LogP contribution in [0, 0.1) is 11.7 Å². The number of rotatable bonds is 8. The van der Waals surface area contributed by atoms with Crippen molar-refractivity contribution >= 4 is 40.1 Å². The summed E-state index contributed by atoms with van der Waals surface area (Å²) in [6, 6.07) is 10.7. The van der Waals surface area contributed by atoms with Crippen molar-refractivity contribution in [2.45, 2.75) is 96.9 Å². The number of morpholine rings is 1. The van der Waals surface area contributed by atoms with Crippen LogP contribution in [0.2, 0.25) is 0 Å². The Balaban J connectivity index is 0.000000173. The van der Waals surface area contributed by atoms with E-state index in [4.69, 9.17) is 9.47 Å². The molecule has 10 rings (SSSR count). The zero-order chi connectivity index (χ0) is 44.5. The van der Waals surface area contributed by atoms with E-state index in [1.165, 1.54) is 4.90 Å². The number of hydrogen-bond donors (Lipinski definition) is 2. The van der Waals surface area contributed by atoms with Crippen LogP contribution in [0.1, 0.15) is 89.1 Å². The topological polar surface area (TPSA) is 152 Å². The van der Waals surface area contributed by atoms with Gasteiger partial charge in [0.05, 0.1) is 36.7 Å². The van der Waals surface area contributed by atoms with E-state index in [2.05, 4.69) is 72.9 Å². The minimum Gasteiger partial charge on any atom is -0.488 e. The van der Waals surface area contributed by atoms with Crippen LogP contribution in [0.4, 0.5) is 15.9 Å². The highest BCUT2D eigenvalue weighted by Crippen LogP contribution is 2.41. The third-order valence-electron chi connectivity index (χ3n) is 13.6. The summed E-state index contributed by atoms with van der Waals surface area (Å²) in [7, 11) is 2.19. The number of imide groups is 1. The summed E-state index contributed by atoms with van der Waals surface area (Å²) < 4.78 is 27.2. The third-order valence-corrected chi connectivity index (χ3v) is 13.6. The number of fused-ring (bicyclic) bond motifs is 2. The first-order chi connectivity index (χ1) is 30.3. The average Bonchev–Trinajstić information content (AvgIpc) is 3.70. The molecule has 5 aliphatic heterocycles. The SMILES string of the molecule is CC.CC1(Oc2ccc3[nH]nc(-c4cc(N5CCOCC5)ncn4)c3c2)CC1.CN1CCN(CC2CCN(c3ccc4c(c3F)CN(C3CCC(=O)NC3=O)C4=O)CC2)CC1(C)C. The zero-order valence-electron chi connectivity index (χ0n) is 37.7. The van der Waals surface area contributed by atoms with Crippen molar-refractivity contribution in [3.8, 4) is 17.1 Å².